The third-order valence-corrected chi connectivity index (χ3v) is 2.77. The molecule has 0 N–H and O–H groups in total. The molecule has 0 spiro atoms. The summed E-state index contributed by atoms with van der Waals surface area (Å²) < 4.78 is 4.73. The summed E-state index contributed by atoms with van der Waals surface area (Å²) in [4.78, 5) is 21.6. The Morgan fingerprint density at radius 3 is 2.25 bits per heavy atom. The Balaban J connectivity index is 4.27. The number of nitro groups is 1. The Labute approximate surface area is 96.3 Å². The zero-order valence-corrected chi connectivity index (χ0v) is 10.3. The third kappa shape index (κ3) is 5.68. The topological polar surface area (TPSA) is 69.4 Å². The molecule has 0 heterocycles. The maximum absolute atomic E-state index is 11.2. The first-order valence-electron chi connectivity index (χ1n) is 5.84. The smallest absolute Gasteiger partial charge is 0.312 e. The lowest BCUT2D eigenvalue weighted by molar-refractivity contribution is -0.524. The zero-order valence-electron chi connectivity index (χ0n) is 10.3. The van der Waals surface area contributed by atoms with Crippen LogP contribution in [0.3, 0.4) is 0 Å². The highest BCUT2D eigenvalue weighted by Gasteiger charge is 2.27. The van der Waals surface area contributed by atoms with Crippen LogP contribution in [0.1, 0.15) is 46.5 Å². The van der Waals surface area contributed by atoms with Crippen molar-refractivity contribution in [2.24, 2.45) is 5.92 Å². The van der Waals surface area contributed by atoms with E-state index in [-0.39, 0.29) is 18.0 Å². The van der Waals surface area contributed by atoms with Crippen molar-refractivity contribution in [3.8, 4) is 0 Å². The summed E-state index contributed by atoms with van der Waals surface area (Å²) in [6.07, 6.45) is 2.16. The fourth-order valence-electron chi connectivity index (χ4n) is 1.66. The van der Waals surface area contributed by atoms with Crippen molar-refractivity contribution in [3.05, 3.63) is 10.1 Å². The van der Waals surface area contributed by atoms with Gasteiger partial charge in [-0.15, -0.1) is 0 Å². The summed E-state index contributed by atoms with van der Waals surface area (Å²) in [6.45, 7) is 5.99. The van der Waals surface area contributed by atoms with Gasteiger partial charge in [-0.3, -0.25) is 14.9 Å². The number of ether oxygens (including phenoxy) is 1. The van der Waals surface area contributed by atoms with Crippen molar-refractivity contribution in [1.82, 2.24) is 0 Å². The second-order valence-corrected chi connectivity index (χ2v) is 3.87. The summed E-state index contributed by atoms with van der Waals surface area (Å²) in [5, 5.41) is 10.8. The van der Waals surface area contributed by atoms with Gasteiger partial charge in [0.1, 0.15) is 6.42 Å². The fourth-order valence-corrected chi connectivity index (χ4v) is 1.66. The molecule has 0 aromatic rings. The zero-order chi connectivity index (χ0) is 12.6. The minimum atomic E-state index is -0.802. The van der Waals surface area contributed by atoms with Crippen LogP contribution >= 0.6 is 0 Å². The summed E-state index contributed by atoms with van der Waals surface area (Å²) in [5.41, 5.74) is 0. The first-order valence-corrected chi connectivity index (χ1v) is 5.84. The van der Waals surface area contributed by atoms with Crippen LogP contribution in [0.25, 0.3) is 0 Å². The molecule has 0 aromatic heterocycles. The summed E-state index contributed by atoms with van der Waals surface area (Å²) in [7, 11) is 0. The highest BCUT2D eigenvalue weighted by Crippen LogP contribution is 2.18. The van der Waals surface area contributed by atoms with Crippen LogP contribution < -0.4 is 0 Å². The van der Waals surface area contributed by atoms with Crippen LogP contribution in [0.2, 0.25) is 0 Å². The van der Waals surface area contributed by atoms with Gasteiger partial charge in [0.05, 0.1) is 6.61 Å². The predicted octanol–water partition coefficient (Wildman–Crippen LogP) is 2.41. The first-order chi connectivity index (χ1) is 7.54. The van der Waals surface area contributed by atoms with Gasteiger partial charge in [0.15, 0.2) is 0 Å². The van der Waals surface area contributed by atoms with E-state index in [9.17, 15) is 14.9 Å². The molecule has 0 radical (unpaired) electrons. The average Bonchev–Trinajstić information content (AvgIpc) is 2.24. The molecule has 94 valence electrons. The molecule has 0 amide bonds. The molecule has 16 heavy (non-hydrogen) atoms. The van der Waals surface area contributed by atoms with Gasteiger partial charge < -0.3 is 4.74 Å². The molecule has 0 aliphatic heterocycles. The van der Waals surface area contributed by atoms with Gasteiger partial charge in [-0.1, -0.05) is 26.7 Å². The van der Waals surface area contributed by atoms with Crippen molar-refractivity contribution in [2.75, 3.05) is 6.61 Å². The molecular weight excluding hydrogens is 210 g/mol. The Morgan fingerprint density at radius 1 is 1.31 bits per heavy atom. The van der Waals surface area contributed by atoms with E-state index in [1.165, 1.54) is 0 Å². The molecule has 0 fully saturated rings. The summed E-state index contributed by atoms with van der Waals surface area (Å²) in [6, 6.07) is -0.802. The van der Waals surface area contributed by atoms with Gasteiger partial charge >= 0.3 is 5.97 Å². The lowest BCUT2D eigenvalue weighted by Crippen LogP contribution is -2.26. The standard InChI is InChI=1S/C11H21NO4/c1-4-9(5-2)7-10(12(14)15)8-11(13)16-6-3/h9-10H,4-8H2,1-3H3. The lowest BCUT2D eigenvalue weighted by Gasteiger charge is -2.15. The second-order valence-electron chi connectivity index (χ2n) is 3.87. The first kappa shape index (κ1) is 14.9. The van der Waals surface area contributed by atoms with Gasteiger partial charge in [0.25, 0.3) is 0 Å². The Bertz CT molecular complexity index is 226. The largest absolute Gasteiger partial charge is 0.466 e. The van der Waals surface area contributed by atoms with Crippen molar-refractivity contribution in [3.63, 3.8) is 0 Å². The van der Waals surface area contributed by atoms with Crippen molar-refractivity contribution >= 4 is 5.97 Å². The molecule has 5 heteroatoms. The summed E-state index contributed by atoms with van der Waals surface area (Å²) >= 11 is 0. The predicted molar refractivity (Wildman–Crippen MR) is 60.7 cm³/mol. The van der Waals surface area contributed by atoms with E-state index in [1.807, 2.05) is 13.8 Å². The van der Waals surface area contributed by atoms with Crippen LogP contribution in [0.4, 0.5) is 0 Å². The Hall–Kier alpha value is -1.13. The van der Waals surface area contributed by atoms with E-state index in [4.69, 9.17) is 4.74 Å². The maximum atomic E-state index is 11.2. The average molecular weight is 231 g/mol. The minimum absolute atomic E-state index is 0.114. The quantitative estimate of drug-likeness (QED) is 0.365. The van der Waals surface area contributed by atoms with E-state index in [0.29, 0.717) is 12.3 Å². The monoisotopic (exact) mass is 231 g/mol. The van der Waals surface area contributed by atoms with Gasteiger partial charge in [0, 0.05) is 11.3 Å². The number of esters is 1. The molecule has 0 bridgehead atoms. The number of hydrogen-bond acceptors (Lipinski definition) is 4. The molecule has 0 aliphatic rings. The summed E-state index contributed by atoms with van der Waals surface area (Å²) in [5.74, 6) is -0.167. The third-order valence-electron chi connectivity index (χ3n) is 2.77. The van der Waals surface area contributed by atoms with Crippen molar-refractivity contribution in [2.45, 2.75) is 52.5 Å². The van der Waals surface area contributed by atoms with E-state index in [0.717, 1.165) is 12.8 Å². The molecule has 0 aromatic carbocycles. The fraction of sp³-hybridized carbons (Fsp3) is 0.909. The number of rotatable bonds is 8. The van der Waals surface area contributed by atoms with Crippen LogP contribution in [0.15, 0.2) is 0 Å². The molecule has 5 nitrogen and oxygen atoms in total. The minimum Gasteiger partial charge on any atom is -0.466 e. The van der Waals surface area contributed by atoms with Gasteiger partial charge in [-0.2, -0.15) is 0 Å². The SMILES string of the molecule is CCOC(=O)CC(CC(CC)CC)[N+](=O)[O-]. The second kappa shape index (κ2) is 8.07. The van der Waals surface area contributed by atoms with Gasteiger partial charge in [0.2, 0.25) is 6.04 Å². The molecule has 1 atom stereocenters. The molecule has 1 unspecified atom stereocenters. The normalized spacial score (nSPS) is 12.5. The Morgan fingerprint density at radius 2 is 1.88 bits per heavy atom. The number of hydrogen-bond donors (Lipinski definition) is 0. The molecule has 0 rings (SSSR count). The maximum Gasteiger partial charge on any atom is 0.312 e. The lowest BCUT2D eigenvalue weighted by atomic mass is 9.94. The number of carbonyl (C=O) groups excluding carboxylic acids is 1. The van der Waals surface area contributed by atoms with Crippen LogP contribution in [0.5, 0.6) is 0 Å². The van der Waals surface area contributed by atoms with Crippen molar-refractivity contribution in [1.29, 1.82) is 0 Å². The Kier molecular flexibility index (Phi) is 7.50. The number of nitrogens with zero attached hydrogens (tertiary/aromatic N) is 1. The van der Waals surface area contributed by atoms with E-state index < -0.39 is 12.0 Å². The van der Waals surface area contributed by atoms with Gasteiger partial charge in [-0.05, 0) is 12.8 Å². The van der Waals surface area contributed by atoms with E-state index in [2.05, 4.69) is 0 Å². The van der Waals surface area contributed by atoms with Crippen LogP contribution in [-0.4, -0.2) is 23.5 Å². The molecule has 0 aliphatic carbocycles. The highest BCUT2D eigenvalue weighted by atomic mass is 16.6. The molecule has 0 saturated carbocycles. The van der Waals surface area contributed by atoms with Crippen molar-refractivity contribution < 1.29 is 14.5 Å². The van der Waals surface area contributed by atoms with Crippen LogP contribution in [0, 0.1) is 16.0 Å². The van der Waals surface area contributed by atoms with E-state index in [1.54, 1.807) is 6.92 Å². The molecule has 0 saturated heterocycles. The van der Waals surface area contributed by atoms with Gasteiger partial charge in [-0.25, -0.2) is 0 Å². The molecular formula is C11H21NO4. The highest BCUT2D eigenvalue weighted by molar-refractivity contribution is 5.69. The van der Waals surface area contributed by atoms with E-state index >= 15 is 0 Å². The van der Waals surface area contributed by atoms with Crippen LogP contribution in [-0.2, 0) is 9.53 Å². The number of carbonyl (C=O) groups is 1.